The normalized spacial score (nSPS) is 12.3. The highest BCUT2D eigenvalue weighted by atomic mass is 32.2. The summed E-state index contributed by atoms with van der Waals surface area (Å²) in [6.45, 7) is 8.91. The molecule has 1 N–H and O–H groups in total. The van der Waals surface area contributed by atoms with E-state index in [1.165, 1.54) is 0 Å². The summed E-state index contributed by atoms with van der Waals surface area (Å²) in [5.74, 6) is 1.38. The van der Waals surface area contributed by atoms with Gasteiger partial charge in [0.25, 0.3) is 0 Å². The molecule has 32 heavy (non-hydrogen) atoms. The van der Waals surface area contributed by atoms with Gasteiger partial charge < -0.3 is 14.8 Å². The standard InChI is InChI=1S/C24H34N2O5S/c1-6-22(26(32(5,28)29)19-12-14-20(15-13-19)30-7-2)24(27)25-16-17-31-23-11-9-8-10-21(23)18(3)4/h8-15,18,22H,6-7,16-17H2,1-5H3,(H,25,27). The largest absolute Gasteiger partial charge is 0.494 e. The summed E-state index contributed by atoms with van der Waals surface area (Å²) in [5.41, 5.74) is 1.52. The summed E-state index contributed by atoms with van der Waals surface area (Å²) in [7, 11) is -3.69. The Bertz CT molecular complexity index is 974. The number of hydrogen-bond donors (Lipinski definition) is 1. The second-order valence-electron chi connectivity index (χ2n) is 7.74. The van der Waals surface area contributed by atoms with E-state index in [0.717, 1.165) is 21.9 Å². The van der Waals surface area contributed by atoms with Gasteiger partial charge in [0.2, 0.25) is 15.9 Å². The first-order valence-electron chi connectivity index (χ1n) is 10.9. The van der Waals surface area contributed by atoms with E-state index in [1.54, 1.807) is 31.2 Å². The third-order valence-electron chi connectivity index (χ3n) is 4.93. The minimum atomic E-state index is -3.69. The Morgan fingerprint density at radius 3 is 2.25 bits per heavy atom. The van der Waals surface area contributed by atoms with E-state index in [4.69, 9.17) is 9.47 Å². The lowest BCUT2D eigenvalue weighted by atomic mass is 10.0. The summed E-state index contributed by atoms with van der Waals surface area (Å²) in [6.07, 6.45) is 1.43. The van der Waals surface area contributed by atoms with E-state index < -0.39 is 16.1 Å². The number of carbonyl (C=O) groups excluding carboxylic acids is 1. The zero-order valence-electron chi connectivity index (χ0n) is 19.5. The molecule has 1 atom stereocenters. The number of para-hydroxylation sites is 1. The number of carbonyl (C=O) groups is 1. The molecule has 2 aromatic rings. The van der Waals surface area contributed by atoms with Crippen molar-refractivity contribution in [1.29, 1.82) is 0 Å². The Morgan fingerprint density at radius 1 is 1.03 bits per heavy atom. The van der Waals surface area contributed by atoms with Crippen molar-refractivity contribution in [3.63, 3.8) is 0 Å². The van der Waals surface area contributed by atoms with Crippen LogP contribution in [-0.2, 0) is 14.8 Å². The highest BCUT2D eigenvalue weighted by Gasteiger charge is 2.31. The minimum Gasteiger partial charge on any atom is -0.494 e. The number of nitrogens with one attached hydrogen (secondary N) is 1. The maximum absolute atomic E-state index is 12.9. The van der Waals surface area contributed by atoms with Crippen LogP contribution in [0.1, 0.15) is 45.6 Å². The van der Waals surface area contributed by atoms with Gasteiger partial charge >= 0.3 is 0 Å². The van der Waals surface area contributed by atoms with Gasteiger partial charge in [0, 0.05) is 0 Å². The molecule has 1 amide bonds. The maximum Gasteiger partial charge on any atom is 0.244 e. The molecule has 0 bridgehead atoms. The van der Waals surface area contributed by atoms with Crippen LogP contribution in [0.15, 0.2) is 48.5 Å². The monoisotopic (exact) mass is 462 g/mol. The van der Waals surface area contributed by atoms with Gasteiger partial charge in [-0.25, -0.2) is 8.42 Å². The van der Waals surface area contributed by atoms with Crippen LogP contribution < -0.4 is 19.1 Å². The molecule has 0 aliphatic rings. The molecule has 0 saturated carbocycles. The third-order valence-corrected chi connectivity index (χ3v) is 6.11. The van der Waals surface area contributed by atoms with E-state index >= 15 is 0 Å². The molecule has 0 radical (unpaired) electrons. The number of benzene rings is 2. The van der Waals surface area contributed by atoms with Crippen molar-refractivity contribution in [3.8, 4) is 11.5 Å². The molecular formula is C24H34N2O5S. The minimum absolute atomic E-state index is 0.267. The smallest absolute Gasteiger partial charge is 0.244 e. The van der Waals surface area contributed by atoms with Gasteiger partial charge in [-0.2, -0.15) is 0 Å². The second-order valence-corrected chi connectivity index (χ2v) is 9.60. The molecule has 0 spiro atoms. The summed E-state index contributed by atoms with van der Waals surface area (Å²) in [5, 5.41) is 2.81. The number of sulfonamides is 1. The summed E-state index contributed by atoms with van der Waals surface area (Å²) in [6, 6.07) is 13.6. The van der Waals surface area contributed by atoms with Gasteiger partial charge in [-0.1, -0.05) is 39.0 Å². The van der Waals surface area contributed by atoms with Crippen LogP contribution in [0.5, 0.6) is 11.5 Å². The molecule has 0 aromatic heterocycles. The van der Waals surface area contributed by atoms with Crippen molar-refractivity contribution < 1.29 is 22.7 Å². The summed E-state index contributed by atoms with van der Waals surface area (Å²) < 4.78 is 37.5. The lowest BCUT2D eigenvalue weighted by molar-refractivity contribution is -0.122. The molecule has 0 heterocycles. The predicted molar refractivity (Wildman–Crippen MR) is 128 cm³/mol. The van der Waals surface area contributed by atoms with Crippen LogP contribution in [-0.4, -0.2) is 46.4 Å². The van der Waals surface area contributed by atoms with Crippen molar-refractivity contribution in [1.82, 2.24) is 5.32 Å². The Morgan fingerprint density at radius 2 is 1.69 bits per heavy atom. The Hall–Kier alpha value is -2.74. The second kappa shape index (κ2) is 11.8. The fourth-order valence-corrected chi connectivity index (χ4v) is 4.67. The highest BCUT2D eigenvalue weighted by Crippen LogP contribution is 2.26. The van der Waals surface area contributed by atoms with E-state index in [-0.39, 0.29) is 19.1 Å². The van der Waals surface area contributed by atoms with E-state index in [0.29, 0.717) is 30.4 Å². The molecule has 8 heteroatoms. The van der Waals surface area contributed by atoms with Crippen molar-refractivity contribution in [2.75, 3.05) is 30.3 Å². The number of ether oxygens (including phenoxy) is 2. The number of anilines is 1. The molecule has 176 valence electrons. The third kappa shape index (κ3) is 6.88. The van der Waals surface area contributed by atoms with Crippen LogP contribution in [0.3, 0.4) is 0 Å². The average molecular weight is 463 g/mol. The van der Waals surface area contributed by atoms with E-state index in [2.05, 4.69) is 19.2 Å². The quantitative estimate of drug-likeness (QED) is 0.483. The molecule has 2 rings (SSSR count). The van der Waals surface area contributed by atoms with Gasteiger partial charge in [0.05, 0.1) is 25.1 Å². The zero-order chi connectivity index (χ0) is 23.7. The molecule has 2 aromatic carbocycles. The molecular weight excluding hydrogens is 428 g/mol. The van der Waals surface area contributed by atoms with Crippen molar-refractivity contribution >= 4 is 21.6 Å². The zero-order valence-corrected chi connectivity index (χ0v) is 20.3. The highest BCUT2D eigenvalue weighted by molar-refractivity contribution is 7.92. The first-order valence-corrected chi connectivity index (χ1v) is 12.8. The van der Waals surface area contributed by atoms with E-state index in [1.807, 2.05) is 31.2 Å². The van der Waals surface area contributed by atoms with Crippen LogP contribution in [0.25, 0.3) is 0 Å². The fourth-order valence-electron chi connectivity index (χ4n) is 3.46. The lowest BCUT2D eigenvalue weighted by Crippen LogP contribution is -2.50. The van der Waals surface area contributed by atoms with Crippen molar-refractivity contribution in [2.45, 2.75) is 46.1 Å². The first kappa shape index (κ1) is 25.5. The molecule has 0 saturated heterocycles. The van der Waals surface area contributed by atoms with E-state index in [9.17, 15) is 13.2 Å². The lowest BCUT2D eigenvalue weighted by Gasteiger charge is -2.30. The van der Waals surface area contributed by atoms with Crippen LogP contribution in [0.2, 0.25) is 0 Å². The number of hydrogen-bond acceptors (Lipinski definition) is 5. The number of rotatable bonds is 12. The maximum atomic E-state index is 12.9. The Labute approximate surface area is 191 Å². The molecule has 0 aliphatic carbocycles. The summed E-state index contributed by atoms with van der Waals surface area (Å²) in [4.78, 5) is 12.9. The van der Waals surface area contributed by atoms with Gasteiger partial charge in [0.15, 0.2) is 0 Å². The van der Waals surface area contributed by atoms with Gasteiger partial charge in [-0.15, -0.1) is 0 Å². The first-order chi connectivity index (χ1) is 15.2. The molecule has 1 unspecified atom stereocenters. The average Bonchev–Trinajstić information content (AvgIpc) is 2.75. The molecule has 0 aliphatic heterocycles. The van der Waals surface area contributed by atoms with Gasteiger partial charge in [-0.3, -0.25) is 9.10 Å². The SMILES string of the molecule is CCOc1ccc(N(C(CC)C(=O)NCCOc2ccccc2C(C)C)S(C)(=O)=O)cc1. The molecule has 0 fully saturated rings. The Balaban J connectivity index is 2.07. The van der Waals surface area contributed by atoms with Crippen LogP contribution >= 0.6 is 0 Å². The van der Waals surface area contributed by atoms with Crippen molar-refractivity contribution in [3.05, 3.63) is 54.1 Å². The summed E-state index contributed by atoms with van der Waals surface area (Å²) >= 11 is 0. The van der Waals surface area contributed by atoms with Gasteiger partial charge in [0.1, 0.15) is 24.1 Å². The fraction of sp³-hybridized carbons (Fsp3) is 0.458. The topological polar surface area (TPSA) is 84.9 Å². The Kier molecular flexibility index (Phi) is 9.38. The number of amides is 1. The van der Waals surface area contributed by atoms with Crippen molar-refractivity contribution in [2.24, 2.45) is 0 Å². The number of nitrogens with zero attached hydrogens (tertiary/aromatic N) is 1. The predicted octanol–water partition coefficient (Wildman–Crippen LogP) is 3.95. The van der Waals surface area contributed by atoms with Crippen LogP contribution in [0, 0.1) is 0 Å². The van der Waals surface area contributed by atoms with Crippen LogP contribution in [0.4, 0.5) is 5.69 Å². The van der Waals surface area contributed by atoms with Gasteiger partial charge in [-0.05, 0) is 55.2 Å². The molecule has 7 nitrogen and oxygen atoms in total.